The molecule has 1 aromatic heterocycles. The van der Waals surface area contributed by atoms with Gasteiger partial charge in [-0.25, -0.2) is 4.39 Å². The molecule has 0 radical (unpaired) electrons. The Bertz CT molecular complexity index is 1060. The minimum absolute atomic E-state index is 0.0905. The number of aromatic nitrogens is 1. The fraction of sp³-hybridized carbons (Fsp3) is 0.333. The minimum Gasteiger partial charge on any atom is -0.489 e. The fourth-order valence-electron chi connectivity index (χ4n) is 3.77. The van der Waals surface area contributed by atoms with Gasteiger partial charge in [-0.1, -0.05) is 41.1 Å². The van der Waals surface area contributed by atoms with E-state index < -0.39 is 0 Å². The molecule has 0 bridgehead atoms. The van der Waals surface area contributed by atoms with Crippen LogP contribution in [0, 0.1) is 19.7 Å². The monoisotopic (exact) mass is 423 g/mol. The number of hydrogen-bond donors (Lipinski definition) is 0. The van der Waals surface area contributed by atoms with Gasteiger partial charge in [-0.15, -0.1) is 0 Å². The maximum atomic E-state index is 13.4. The van der Waals surface area contributed by atoms with Crippen LogP contribution in [0.25, 0.3) is 0 Å². The average molecular weight is 423 g/mol. The Morgan fingerprint density at radius 1 is 1.10 bits per heavy atom. The van der Waals surface area contributed by atoms with Gasteiger partial charge in [0.25, 0.3) is 5.91 Å². The van der Waals surface area contributed by atoms with Crippen molar-refractivity contribution in [2.45, 2.75) is 27.0 Å². The maximum Gasteiger partial charge on any atom is 0.276 e. The molecule has 7 heteroatoms. The topological polar surface area (TPSA) is 58.8 Å². The van der Waals surface area contributed by atoms with Crippen molar-refractivity contribution < 1.29 is 18.4 Å². The summed E-state index contributed by atoms with van der Waals surface area (Å²) < 4.78 is 24.3. The summed E-state index contributed by atoms with van der Waals surface area (Å²) in [5, 5.41) is 3.98. The molecule has 0 aliphatic carbocycles. The van der Waals surface area contributed by atoms with E-state index in [1.165, 1.54) is 23.3 Å². The third kappa shape index (κ3) is 5.11. The van der Waals surface area contributed by atoms with Gasteiger partial charge in [-0.2, -0.15) is 0 Å². The highest BCUT2D eigenvalue weighted by atomic mass is 19.1. The van der Waals surface area contributed by atoms with Crippen molar-refractivity contribution in [1.29, 1.82) is 0 Å². The second-order valence-electron chi connectivity index (χ2n) is 7.87. The van der Waals surface area contributed by atoms with Crippen molar-refractivity contribution in [3.05, 3.63) is 82.5 Å². The van der Waals surface area contributed by atoms with Gasteiger partial charge in [0.15, 0.2) is 5.69 Å². The first kappa shape index (κ1) is 21.1. The normalized spacial score (nSPS) is 14.6. The zero-order valence-electron chi connectivity index (χ0n) is 17.8. The lowest BCUT2D eigenvalue weighted by Gasteiger charge is -2.34. The number of benzene rings is 2. The zero-order valence-corrected chi connectivity index (χ0v) is 17.8. The molecule has 1 amide bonds. The predicted molar refractivity (Wildman–Crippen MR) is 114 cm³/mol. The van der Waals surface area contributed by atoms with Gasteiger partial charge in [0.1, 0.15) is 23.9 Å². The lowest BCUT2D eigenvalue weighted by molar-refractivity contribution is 0.0616. The van der Waals surface area contributed by atoms with E-state index in [9.17, 15) is 9.18 Å². The largest absolute Gasteiger partial charge is 0.489 e. The third-order valence-electron chi connectivity index (χ3n) is 5.51. The van der Waals surface area contributed by atoms with Gasteiger partial charge >= 0.3 is 0 Å². The lowest BCUT2D eigenvalue weighted by Crippen LogP contribution is -2.48. The van der Waals surface area contributed by atoms with E-state index >= 15 is 0 Å². The lowest BCUT2D eigenvalue weighted by atomic mass is 10.1. The van der Waals surface area contributed by atoms with E-state index in [2.05, 4.69) is 41.2 Å². The van der Waals surface area contributed by atoms with Crippen LogP contribution in [-0.4, -0.2) is 47.0 Å². The predicted octanol–water partition coefficient (Wildman–Crippen LogP) is 3.97. The summed E-state index contributed by atoms with van der Waals surface area (Å²) in [6, 6.07) is 14.4. The Morgan fingerprint density at radius 3 is 2.61 bits per heavy atom. The van der Waals surface area contributed by atoms with Crippen LogP contribution in [-0.2, 0) is 13.2 Å². The quantitative estimate of drug-likeness (QED) is 0.601. The van der Waals surface area contributed by atoms with Crippen LogP contribution in [0.5, 0.6) is 5.75 Å². The number of carbonyl (C=O) groups excluding carboxylic acids is 1. The van der Waals surface area contributed by atoms with Crippen LogP contribution in [0.2, 0.25) is 0 Å². The van der Waals surface area contributed by atoms with Crippen LogP contribution >= 0.6 is 0 Å². The smallest absolute Gasteiger partial charge is 0.276 e. The van der Waals surface area contributed by atoms with Gasteiger partial charge in [-0.3, -0.25) is 9.69 Å². The minimum atomic E-state index is -0.376. The molecule has 2 aromatic carbocycles. The number of hydrogen-bond acceptors (Lipinski definition) is 5. The van der Waals surface area contributed by atoms with Gasteiger partial charge < -0.3 is 14.2 Å². The van der Waals surface area contributed by atoms with Gasteiger partial charge in [0, 0.05) is 38.8 Å². The molecule has 1 aliphatic heterocycles. The van der Waals surface area contributed by atoms with Gasteiger partial charge in [0.2, 0.25) is 0 Å². The standard InChI is InChI=1S/C24H26FN3O3/c1-17-5-3-6-19(13-17)15-27-9-11-28(12-10-27)24(29)23-22(18(2)31-26-23)16-30-21-8-4-7-20(25)14-21/h3-8,13-14H,9-12,15-16H2,1-2H3. The van der Waals surface area contributed by atoms with E-state index in [0.717, 1.165) is 19.6 Å². The molecule has 1 saturated heterocycles. The highest BCUT2D eigenvalue weighted by Gasteiger charge is 2.28. The van der Waals surface area contributed by atoms with Crippen LogP contribution in [0.15, 0.2) is 53.1 Å². The van der Waals surface area contributed by atoms with Crippen molar-refractivity contribution in [1.82, 2.24) is 15.0 Å². The molecule has 0 saturated carbocycles. The summed E-state index contributed by atoms with van der Waals surface area (Å²) in [6.45, 7) is 7.65. The Morgan fingerprint density at radius 2 is 1.87 bits per heavy atom. The van der Waals surface area contributed by atoms with Crippen molar-refractivity contribution in [3.63, 3.8) is 0 Å². The average Bonchev–Trinajstić information content (AvgIpc) is 3.13. The number of piperazine rings is 1. The molecule has 0 atom stereocenters. The first-order valence-electron chi connectivity index (χ1n) is 10.4. The first-order chi connectivity index (χ1) is 15.0. The number of carbonyl (C=O) groups is 1. The second kappa shape index (κ2) is 9.31. The Kier molecular flexibility index (Phi) is 6.32. The highest BCUT2D eigenvalue weighted by Crippen LogP contribution is 2.21. The summed E-state index contributed by atoms with van der Waals surface area (Å²) >= 11 is 0. The number of aryl methyl sites for hydroxylation is 2. The molecule has 4 rings (SSSR count). The molecule has 1 fully saturated rings. The van der Waals surface area contributed by atoms with E-state index in [0.29, 0.717) is 30.2 Å². The molecule has 6 nitrogen and oxygen atoms in total. The number of ether oxygens (including phenoxy) is 1. The van der Waals surface area contributed by atoms with Gasteiger partial charge in [-0.05, 0) is 31.5 Å². The van der Waals surface area contributed by atoms with Crippen molar-refractivity contribution >= 4 is 5.91 Å². The Balaban J connectivity index is 1.37. The Labute approximate surface area is 181 Å². The number of rotatable bonds is 6. The van der Waals surface area contributed by atoms with Crippen LogP contribution in [0.3, 0.4) is 0 Å². The molecular formula is C24H26FN3O3. The molecule has 0 unspecified atom stereocenters. The molecule has 3 aromatic rings. The molecule has 1 aliphatic rings. The van der Waals surface area contributed by atoms with E-state index in [4.69, 9.17) is 9.26 Å². The summed E-state index contributed by atoms with van der Waals surface area (Å²) in [6.07, 6.45) is 0. The SMILES string of the molecule is Cc1cccc(CN2CCN(C(=O)c3noc(C)c3COc3cccc(F)c3)CC2)c1. The molecular weight excluding hydrogens is 397 g/mol. The summed E-state index contributed by atoms with van der Waals surface area (Å²) in [4.78, 5) is 17.2. The fourth-order valence-corrected chi connectivity index (χ4v) is 3.77. The first-order valence-corrected chi connectivity index (χ1v) is 10.4. The highest BCUT2D eigenvalue weighted by molar-refractivity contribution is 5.93. The van der Waals surface area contributed by atoms with Crippen molar-refractivity contribution in [2.24, 2.45) is 0 Å². The summed E-state index contributed by atoms with van der Waals surface area (Å²) in [7, 11) is 0. The van der Waals surface area contributed by atoms with E-state index in [1.54, 1.807) is 24.0 Å². The molecule has 0 N–H and O–H groups in total. The number of halogens is 1. The summed E-state index contributed by atoms with van der Waals surface area (Å²) in [5.41, 5.74) is 3.39. The molecule has 0 spiro atoms. The maximum absolute atomic E-state index is 13.4. The van der Waals surface area contributed by atoms with E-state index in [1.807, 2.05) is 0 Å². The number of nitrogens with zero attached hydrogens (tertiary/aromatic N) is 3. The van der Waals surface area contributed by atoms with Crippen LogP contribution < -0.4 is 4.74 Å². The van der Waals surface area contributed by atoms with Crippen molar-refractivity contribution in [3.8, 4) is 5.75 Å². The molecule has 31 heavy (non-hydrogen) atoms. The van der Waals surface area contributed by atoms with Gasteiger partial charge in [0.05, 0.1) is 5.56 Å². The molecule has 2 heterocycles. The van der Waals surface area contributed by atoms with Crippen LogP contribution in [0.4, 0.5) is 4.39 Å². The third-order valence-corrected chi connectivity index (χ3v) is 5.51. The Hall–Kier alpha value is -3.19. The van der Waals surface area contributed by atoms with E-state index in [-0.39, 0.29) is 24.0 Å². The number of amides is 1. The van der Waals surface area contributed by atoms with Crippen molar-refractivity contribution in [2.75, 3.05) is 26.2 Å². The van der Waals surface area contributed by atoms with Crippen LogP contribution in [0.1, 0.15) is 32.9 Å². The molecule has 162 valence electrons. The second-order valence-corrected chi connectivity index (χ2v) is 7.87. The summed E-state index contributed by atoms with van der Waals surface area (Å²) in [5.74, 6) is 0.380. The zero-order chi connectivity index (χ0) is 21.8.